The van der Waals surface area contributed by atoms with Crippen LogP contribution in [0.25, 0.3) is 0 Å². The first kappa shape index (κ1) is 40.4. The van der Waals surface area contributed by atoms with Crippen molar-refractivity contribution in [2.24, 2.45) is 0 Å². The standard InChI is InChI=1S/CH2O3.Al.Li.2H2O/c2-1(3)4;;;;/h(H2,2,3,4);;;2*1H2/q;+3;+1;;/p-4. The molecule has 0 atom stereocenters. The second-order valence-corrected chi connectivity index (χ2v) is 0.250. The Morgan fingerprint density at radius 2 is 1.12 bits per heavy atom. The molecule has 0 aromatic heterocycles. The average Bonchev–Trinajstić information content (AvgIpc) is 0.811. The molecule has 0 fully saturated rings. The molecule has 0 heterocycles. The van der Waals surface area contributed by atoms with Crippen LogP contribution in [0, 0.1) is 0 Å². The Morgan fingerprint density at radius 1 is 1.12 bits per heavy atom. The van der Waals surface area contributed by atoms with Gasteiger partial charge in [-0.25, -0.2) is 0 Å². The minimum Gasteiger partial charge on any atom is -0.870 e. The largest absolute Gasteiger partial charge is 3.00 e. The van der Waals surface area contributed by atoms with Crippen LogP contribution in [0.15, 0.2) is 0 Å². The molecule has 0 aliphatic rings. The molecular weight excluding hydrogens is 126 g/mol. The van der Waals surface area contributed by atoms with Gasteiger partial charge in [0.2, 0.25) is 0 Å². The van der Waals surface area contributed by atoms with Crippen molar-refractivity contribution >= 4 is 23.5 Å². The van der Waals surface area contributed by atoms with Crippen LogP contribution in [0.5, 0.6) is 0 Å². The van der Waals surface area contributed by atoms with Gasteiger partial charge in [0.05, 0.1) is 0 Å². The number of rotatable bonds is 0. The van der Waals surface area contributed by atoms with E-state index in [1.807, 2.05) is 0 Å². The van der Waals surface area contributed by atoms with Crippen LogP contribution < -0.4 is 29.1 Å². The van der Waals surface area contributed by atoms with Crippen molar-refractivity contribution in [2.75, 3.05) is 0 Å². The van der Waals surface area contributed by atoms with Crippen LogP contribution in [-0.4, -0.2) is 34.5 Å². The SMILES string of the molecule is O=C([O-])[O-].[Al+3].[Li+].[OH-].[OH-]. The van der Waals surface area contributed by atoms with Gasteiger partial charge >= 0.3 is 36.2 Å². The fraction of sp³-hybridized carbons (Fsp3) is 0. The predicted octanol–water partition coefficient (Wildman–Crippen LogP) is -6.18. The van der Waals surface area contributed by atoms with E-state index in [2.05, 4.69) is 0 Å². The molecule has 8 heavy (non-hydrogen) atoms. The monoisotopic (exact) mass is 128 g/mol. The van der Waals surface area contributed by atoms with E-state index >= 15 is 0 Å². The summed E-state index contributed by atoms with van der Waals surface area (Å²) in [6, 6.07) is 0. The van der Waals surface area contributed by atoms with Gasteiger partial charge in [0.25, 0.3) is 0 Å². The van der Waals surface area contributed by atoms with Gasteiger partial charge < -0.3 is 26.0 Å². The first-order chi connectivity index (χ1) is 1.73. The first-order valence-electron chi connectivity index (χ1n) is 0.612. The van der Waals surface area contributed by atoms with Crippen LogP contribution in [0.2, 0.25) is 0 Å². The summed E-state index contributed by atoms with van der Waals surface area (Å²) in [7, 11) is 0. The van der Waals surface area contributed by atoms with E-state index < -0.39 is 6.16 Å². The molecule has 0 saturated heterocycles. The summed E-state index contributed by atoms with van der Waals surface area (Å²) in [6.07, 6.45) is -2.33. The average molecular weight is 128 g/mol. The Kier molecular flexibility index (Phi) is 134. The van der Waals surface area contributed by atoms with Crippen LogP contribution in [0.4, 0.5) is 4.79 Å². The van der Waals surface area contributed by atoms with E-state index in [-0.39, 0.29) is 47.2 Å². The van der Waals surface area contributed by atoms with Crippen molar-refractivity contribution in [2.45, 2.75) is 0 Å². The molecule has 0 rings (SSSR count). The molecule has 5 nitrogen and oxygen atoms in total. The molecule has 0 aliphatic carbocycles. The first-order valence-corrected chi connectivity index (χ1v) is 0.612. The molecule has 7 heteroatoms. The Bertz CT molecular complexity index is 35.4. The zero-order valence-electron chi connectivity index (χ0n) is 4.20. The predicted molar refractivity (Wildman–Crippen MR) is 15.0 cm³/mol. The quantitative estimate of drug-likeness (QED) is 0.300. The van der Waals surface area contributed by atoms with E-state index in [0.29, 0.717) is 0 Å². The van der Waals surface area contributed by atoms with Gasteiger partial charge in [-0.05, 0) is 6.16 Å². The molecule has 0 saturated carbocycles. The van der Waals surface area contributed by atoms with Gasteiger partial charge in [0, 0.05) is 0 Å². The summed E-state index contributed by atoms with van der Waals surface area (Å²) in [5.41, 5.74) is 0. The van der Waals surface area contributed by atoms with Crippen LogP contribution >= 0.6 is 0 Å². The fourth-order valence-electron chi connectivity index (χ4n) is 0. The summed E-state index contributed by atoms with van der Waals surface area (Å²) >= 11 is 0. The Morgan fingerprint density at radius 3 is 1.12 bits per heavy atom. The Balaban J connectivity index is -0.00000000750. The molecule has 2 N–H and O–H groups in total. The molecule has 0 bridgehead atoms. The van der Waals surface area contributed by atoms with Gasteiger partial charge in [-0.3, -0.25) is 0 Å². The maximum atomic E-state index is 8.33. The summed E-state index contributed by atoms with van der Waals surface area (Å²) in [4.78, 5) is 8.33. The van der Waals surface area contributed by atoms with Crippen LogP contribution in [-0.2, 0) is 0 Å². The fourth-order valence-corrected chi connectivity index (χ4v) is 0. The number of hydrogen-bond acceptors (Lipinski definition) is 5. The molecule has 0 aliphatic heterocycles. The summed E-state index contributed by atoms with van der Waals surface area (Å²) in [5.74, 6) is 0. The normalized spacial score (nSPS) is 3.00. The van der Waals surface area contributed by atoms with E-state index in [0.717, 1.165) is 0 Å². The number of carbonyl (C=O) groups is 1. The van der Waals surface area contributed by atoms with Crippen molar-refractivity contribution in [3.05, 3.63) is 0 Å². The molecule has 0 aromatic rings. The van der Waals surface area contributed by atoms with Gasteiger partial charge in [-0.2, -0.15) is 0 Å². The van der Waals surface area contributed by atoms with E-state index in [9.17, 15) is 0 Å². The maximum Gasteiger partial charge on any atom is 3.00 e. The summed E-state index contributed by atoms with van der Waals surface area (Å²) in [5, 5.41) is 16.7. The third-order valence-corrected chi connectivity index (χ3v) is 0. The Hall–Kier alpha value is 0.320. The summed E-state index contributed by atoms with van der Waals surface area (Å²) in [6.45, 7) is 0. The smallest absolute Gasteiger partial charge is 0.870 e. The van der Waals surface area contributed by atoms with Crippen molar-refractivity contribution in [1.82, 2.24) is 0 Å². The van der Waals surface area contributed by atoms with Crippen molar-refractivity contribution in [3.63, 3.8) is 0 Å². The Labute approximate surface area is 68.6 Å². The van der Waals surface area contributed by atoms with Crippen LogP contribution in [0.3, 0.4) is 0 Å². The van der Waals surface area contributed by atoms with Crippen molar-refractivity contribution < 1.29 is 44.8 Å². The van der Waals surface area contributed by atoms with Gasteiger partial charge in [0.1, 0.15) is 0 Å². The molecule has 0 spiro atoms. The molecule has 0 aromatic carbocycles. The molecule has 40 valence electrons. The van der Waals surface area contributed by atoms with Gasteiger partial charge in [-0.15, -0.1) is 0 Å². The van der Waals surface area contributed by atoms with Gasteiger partial charge in [-0.1, -0.05) is 0 Å². The minimum atomic E-state index is -2.33. The number of carbonyl (C=O) groups excluding carboxylic acids is 1. The maximum absolute atomic E-state index is 8.33. The third kappa shape index (κ3) is 1750. The number of carboxylic acid groups (broad SMARTS) is 2. The molecule has 0 unspecified atom stereocenters. The van der Waals surface area contributed by atoms with Crippen molar-refractivity contribution in [1.29, 1.82) is 0 Å². The zero-order valence-corrected chi connectivity index (χ0v) is 5.35. The third-order valence-electron chi connectivity index (χ3n) is 0. The van der Waals surface area contributed by atoms with Crippen LogP contribution in [0.1, 0.15) is 0 Å². The minimum absolute atomic E-state index is 0. The summed E-state index contributed by atoms with van der Waals surface area (Å²) < 4.78 is 0. The zero-order chi connectivity index (χ0) is 3.58. The molecule has 0 amide bonds. The van der Waals surface area contributed by atoms with Gasteiger partial charge in [0.15, 0.2) is 0 Å². The molecule has 0 radical (unpaired) electrons. The van der Waals surface area contributed by atoms with E-state index in [1.165, 1.54) is 0 Å². The number of hydrogen-bond donors (Lipinski definition) is 0. The second kappa shape index (κ2) is 26.5. The van der Waals surface area contributed by atoms with E-state index in [1.54, 1.807) is 0 Å². The topological polar surface area (TPSA) is 123 Å². The van der Waals surface area contributed by atoms with Crippen molar-refractivity contribution in [3.8, 4) is 0 Å². The molecular formula is CH2AlLiO5. The second-order valence-electron chi connectivity index (χ2n) is 0.250. The van der Waals surface area contributed by atoms with E-state index in [4.69, 9.17) is 15.0 Å².